The van der Waals surface area contributed by atoms with Crippen LogP contribution in [0.5, 0.6) is 0 Å². The van der Waals surface area contributed by atoms with E-state index in [-0.39, 0.29) is 32.1 Å². The fourth-order valence-electron chi connectivity index (χ4n) is 4.42. The Morgan fingerprint density at radius 3 is 2.51 bits per heavy atom. The van der Waals surface area contributed by atoms with Crippen molar-refractivity contribution in [2.24, 2.45) is 0 Å². The summed E-state index contributed by atoms with van der Waals surface area (Å²) >= 11 is 0. The number of ether oxygens (including phenoxy) is 1. The third kappa shape index (κ3) is 5.03. The zero-order valence-corrected chi connectivity index (χ0v) is 20.2. The van der Waals surface area contributed by atoms with Gasteiger partial charge < -0.3 is 20.7 Å². The summed E-state index contributed by atoms with van der Waals surface area (Å²) in [4.78, 5) is 24.1. The molecule has 5 rings (SSSR count). The zero-order chi connectivity index (χ0) is 25.8. The van der Waals surface area contributed by atoms with Gasteiger partial charge >= 0.3 is 0 Å². The second kappa shape index (κ2) is 10.5. The number of carbonyl (C=O) groups excluding carboxylic acids is 1. The van der Waals surface area contributed by atoms with Gasteiger partial charge in [-0.05, 0) is 41.9 Å². The molecule has 0 atom stereocenters. The predicted molar refractivity (Wildman–Crippen MR) is 148 cm³/mol. The summed E-state index contributed by atoms with van der Waals surface area (Å²) in [5.74, 6) is -0.522. The molecule has 1 fully saturated rings. The zero-order valence-electron chi connectivity index (χ0n) is 20.2. The SMILES string of the molecule is N=C(OC(=N)c1nc(-c2ccc(C(=O)N3CCCNCC3)c3ccccc23)cnc1N)c1ccccc1.[HH].[HH]. The third-order valence-corrected chi connectivity index (χ3v) is 6.31. The number of nitrogens with two attached hydrogens (primary N) is 1. The Hall–Kier alpha value is -4.63. The summed E-state index contributed by atoms with van der Waals surface area (Å²) in [7, 11) is 0. The van der Waals surface area contributed by atoms with Gasteiger partial charge in [0.2, 0.25) is 11.8 Å². The molecule has 190 valence electrons. The topological polar surface area (TPSA) is 141 Å². The maximum absolute atomic E-state index is 13.4. The average molecular weight is 498 g/mol. The molecule has 1 saturated heterocycles. The van der Waals surface area contributed by atoms with Gasteiger partial charge in [-0.15, -0.1) is 0 Å². The molecule has 4 aromatic rings. The van der Waals surface area contributed by atoms with Crippen molar-refractivity contribution >= 4 is 34.3 Å². The van der Waals surface area contributed by atoms with E-state index in [1.807, 2.05) is 47.4 Å². The molecule has 1 aromatic heterocycles. The molecule has 37 heavy (non-hydrogen) atoms. The van der Waals surface area contributed by atoms with Gasteiger partial charge in [-0.3, -0.25) is 15.6 Å². The highest BCUT2D eigenvalue weighted by Crippen LogP contribution is 2.31. The van der Waals surface area contributed by atoms with Crippen LogP contribution in [0.2, 0.25) is 0 Å². The molecule has 0 aliphatic carbocycles. The highest BCUT2D eigenvalue weighted by molar-refractivity contribution is 6.11. The van der Waals surface area contributed by atoms with Gasteiger partial charge in [-0.25, -0.2) is 9.97 Å². The van der Waals surface area contributed by atoms with Gasteiger partial charge in [-0.1, -0.05) is 48.5 Å². The predicted octanol–water partition coefficient (Wildman–Crippen LogP) is 4.17. The summed E-state index contributed by atoms with van der Waals surface area (Å²) in [6.45, 7) is 3.07. The van der Waals surface area contributed by atoms with Crippen molar-refractivity contribution in [3.8, 4) is 11.3 Å². The highest BCUT2D eigenvalue weighted by Gasteiger charge is 2.21. The van der Waals surface area contributed by atoms with E-state index >= 15 is 0 Å². The van der Waals surface area contributed by atoms with E-state index in [0.29, 0.717) is 23.4 Å². The molecule has 0 saturated carbocycles. The van der Waals surface area contributed by atoms with Crippen molar-refractivity contribution in [1.29, 1.82) is 10.8 Å². The number of hydrogen-bond acceptors (Lipinski definition) is 8. The lowest BCUT2D eigenvalue weighted by atomic mass is 9.97. The van der Waals surface area contributed by atoms with E-state index in [9.17, 15) is 4.79 Å². The maximum atomic E-state index is 13.4. The molecule has 1 aliphatic heterocycles. The molecule has 0 bridgehead atoms. The molecule has 1 aliphatic rings. The minimum Gasteiger partial charge on any atom is -0.419 e. The van der Waals surface area contributed by atoms with Gasteiger partial charge in [0.05, 0.1) is 11.9 Å². The standard InChI is InChI=1S/C28H27N7O2.2H2/c29-25-24(27(31)37-26(30)18-7-2-1-3-8-18)34-23(17-33-25)21-11-12-22(20-10-5-4-9-19(20)21)28(36)35-15-6-13-32-14-16-35;;/h1-5,7-12,17,30-32H,6,13-16H2,(H2,29,33);2*1H. The highest BCUT2D eigenvalue weighted by atomic mass is 16.5. The quantitative estimate of drug-likeness (QED) is 0.246. The molecule has 0 radical (unpaired) electrons. The van der Waals surface area contributed by atoms with Gasteiger partial charge in [0.25, 0.3) is 5.91 Å². The molecule has 9 nitrogen and oxygen atoms in total. The maximum Gasteiger partial charge on any atom is 0.254 e. The van der Waals surface area contributed by atoms with Crippen LogP contribution in [0.1, 0.15) is 30.9 Å². The second-order valence-corrected chi connectivity index (χ2v) is 8.72. The van der Waals surface area contributed by atoms with Crippen LogP contribution in [0.15, 0.2) is 72.9 Å². The average Bonchev–Trinajstić information content (AvgIpc) is 3.23. The van der Waals surface area contributed by atoms with E-state index in [2.05, 4.69) is 15.3 Å². The number of amides is 1. The molecule has 9 heteroatoms. The molecule has 1 amide bonds. The molecule has 0 unspecified atom stereocenters. The number of nitrogen functional groups attached to an aromatic ring is 1. The number of aromatic nitrogens is 2. The summed E-state index contributed by atoms with van der Waals surface area (Å²) in [6, 6.07) is 20.2. The van der Waals surface area contributed by atoms with Gasteiger partial charge in [-0.2, -0.15) is 0 Å². The number of carbonyl (C=O) groups is 1. The lowest BCUT2D eigenvalue weighted by Gasteiger charge is -2.21. The Bertz CT molecular complexity index is 1490. The van der Waals surface area contributed by atoms with Crippen LogP contribution in [-0.2, 0) is 4.74 Å². The van der Waals surface area contributed by atoms with Crippen molar-refractivity contribution in [2.75, 3.05) is 31.9 Å². The fraction of sp³-hybridized carbons (Fsp3) is 0.179. The van der Waals surface area contributed by atoms with E-state index in [1.54, 1.807) is 30.5 Å². The number of rotatable bonds is 4. The number of nitrogens with one attached hydrogen (secondary N) is 3. The second-order valence-electron chi connectivity index (χ2n) is 8.72. The first-order valence-electron chi connectivity index (χ1n) is 12.1. The lowest BCUT2D eigenvalue weighted by molar-refractivity contribution is 0.0768. The summed E-state index contributed by atoms with van der Waals surface area (Å²) in [6.07, 6.45) is 2.46. The summed E-state index contributed by atoms with van der Waals surface area (Å²) in [5.41, 5.74) is 8.48. The summed E-state index contributed by atoms with van der Waals surface area (Å²) in [5, 5.41) is 21.6. The Labute approximate surface area is 217 Å². The van der Waals surface area contributed by atoms with E-state index in [0.717, 1.165) is 42.4 Å². The number of benzene rings is 3. The molecule has 5 N–H and O–H groups in total. The monoisotopic (exact) mass is 497 g/mol. The molecular weight excluding hydrogens is 466 g/mol. The minimum atomic E-state index is -0.369. The van der Waals surface area contributed by atoms with Crippen LogP contribution in [-0.4, -0.2) is 58.7 Å². The first kappa shape index (κ1) is 24.1. The number of fused-ring (bicyclic) bond motifs is 1. The van der Waals surface area contributed by atoms with E-state index in [4.69, 9.17) is 21.3 Å². The smallest absolute Gasteiger partial charge is 0.254 e. The minimum absolute atomic E-state index is 0. The Kier molecular flexibility index (Phi) is 6.87. The van der Waals surface area contributed by atoms with Crippen LogP contribution in [0.3, 0.4) is 0 Å². The third-order valence-electron chi connectivity index (χ3n) is 6.31. The number of hydrogen-bond donors (Lipinski definition) is 4. The van der Waals surface area contributed by atoms with Crippen LogP contribution < -0.4 is 11.1 Å². The Balaban J connectivity index is 0.00000210. The van der Waals surface area contributed by atoms with Gasteiger partial charge in [0, 0.05) is 39.2 Å². The van der Waals surface area contributed by atoms with E-state index in [1.165, 1.54) is 0 Å². The van der Waals surface area contributed by atoms with E-state index < -0.39 is 0 Å². The first-order chi connectivity index (χ1) is 18.0. The summed E-state index contributed by atoms with van der Waals surface area (Å²) < 4.78 is 5.44. The van der Waals surface area contributed by atoms with Crippen molar-refractivity contribution in [1.82, 2.24) is 20.2 Å². The van der Waals surface area contributed by atoms with Crippen molar-refractivity contribution < 1.29 is 12.4 Å². The van der Waals surface area contributed by atoms with Crippen molar-refractivity contribution in [2.45, 2.75) is 6.42 Å². The van der Waals surface area contributed by atoms with Crippen LogP contribution >= 0.6 is 0 Å². The molecular formula is C28H31N7O2. The van der Waals surface area contributed by atoms with Gasteiger partial charge in [0.1, 0.15) is 0 Å². The van der Waals surface area contributed by atoms with Gasteiger partial charge in [0.15, 0.2) is 11.5 Å². The Morgan fingerprint density at radius 2 is 1.70 bits per heavy atom. The lowest BCUT2D eigenvalue weighted by Crippen LogP contribution is -2.34. The largest absolute Gasteiger partial charge is 0.419 e. The molecule has 3 aromatic carbocycles. The van der Waals surface area contributed by atoms with Crippen LogP contribution in [0, 0.1) is 10.8 Å². The molecule has 0 spiro atoms. The normalized spacial score (nSPS) is 13.7. The fourth-order valence-corrected chi connectivity index (χ4v) is 4.42. The molecule has 2 heterocycles. The van der Waals surface area contributed by atoms with Crippen LogP contribution in [0.4, 0.5) is 5.82 Å². The number of nitrogens with zero attached hydrogens (tertiary/aromatic N) is 3. The van der Waals surface area contributed by atoms with Crippen molar-refractivity contribution in [3.63, 3.8) is 0 Å². The Morgan fingerprint density at radius 1 is 0.946 bits per heavy atom. The first-order valence-corrected chi connectivity index (χ1v) is 12.1. The number of anilines is 1. The van der Waals surface area contributed by atoms with Crippen molar-refractivity contribution in [3.05, 3.63) is 89.7 Å². The van der Waals surface area contributed by atoms with Crippen LogP contribution in [0.25, 0.3) is 22.0 Å².